The molecule has 5 nitrogen and oxygen atoms in total. The highest BCUT2D eigenvalue weighted by molar-refractivity contribution is 5.61. The van der Waals surface area contributed by atoms with Crippen molar-refractivity contribution in [2.75, 3.05) is 5.73 Å². The molecule has 1 heterocycles. The van der Waals surface area contributed by atoms with E-state index in [0.717, 1.165) is 19.3 Å². The minimum atomic E-state index is -0.351. The number of rotatable bonds is 2. The zero-order valence-corrected chi connectivity index (χ0v) is 10.8. The van der Waals surface area contributed by atoms with E-state index in [2.05, 4.69) is 22.4 Å². The van der Waals surface area contributed by atoms with Crippen molar-refractivity contribution in [2.45, 2.75) is 32.2 Å². The molecule has 3 rings (SSSR count). The Bertz CT molecular complexity index is 594. The average Bonchev–Trinajstić information content (AvgIpc) is 3.00. The molecule has 1 aliphatic rings. The molecular formula is C13H16FN5. The number of aromatic nitrogens is 4. The molecule has 0 aliphatic heterocycles. The summed E-state index contributed by atoms with van der Waals surface area (Å²) in [6, 6.07) is 4.71. The second-order valence-electron chi connectivity index (χ2n) is 5.26. The molecule has 0 radical (unpaired) electrons. The lowest BCUT2D eigenvalue weighted by Gasteiger charge is -2.12. The minimum absolute atomic E-state index is 0.251. The number of nitrogen functional groups attached to an aromatic ring is 1. The third kappa shape index (κ3) is 2.18. The highest BCUT2D eigenvalue weighted by Gasteiger charge is 2.27. The van der Waals surface area contributed by atoms with Crippen LogP contribution in [0.1, 0.15) is 32.2 Å². The van der Waals surface area contributed by atoms with Gasteiger partial charge in [0.2, 0.25) is 0 Å². The summed E-state index contributed by atoms with van der Waals surface area (Å²) in [5.74, 6) is 0.771. The maximum atomic E-state index is 13.9. The fourth-order valence-electron chi connectivity index (χ4n) is 2.73. The number of nitrogens with zero attached hydrogens (tertiary/aromatic N) is 4. The van der Waals surface area contributed by atoms with E-state index in [1.54, 1.807) is 10.7 Å². The van der Waals surface area contributed by atoms with Gasteiger partial charge in [0.15, 0.2) is 5.82 Å². The molecule has 2 N–H and O–H groups in total. The van der Waals surface area contributed by atoms with Gasteiger partial charge in [0, 0.05) is 5.69 Å². The van der Waals surface area contributed by atoms with Crippen molar-refractivity contribution in [3.63, 3.8) is 0 Å². The highest BCUT2D eigenvalue weighted by Crippen LogP contribution is 2.36. The van der Waals surface area contributed by atoms with Gasteiger partial charge in [0.1, 0.15) is 5.82 Å². The summed E-state index contributed by atoms with van der Waals surface area (Å²) in [5.41, 5.74) is 6.59. The smallest absolute Gasteiger partial charge is 0.185 e. The molecular weight excluding hydrogens is 245 g/mol. The lowest BCUT2D eigenvalue weighted by atomic mass is 10.1. The zero-order chi connectivity index (χ0) is 13.4. The van der Waals surface area contributed by atoms with Crippen LogP contribution in [0, 0.1) is 11.7 Å². The van der Waals surface area contributed by atoms with E-state index in [9.17, 15) is 4.39 Å². The number of nitrogens with two attached hydrogens (primary N) is 1. The van der Waals surface area contributed by atoms with Crippen LogP contribution in [-0.4, -0.2) is 20.2 Å². The van der Waals surface area contributed by atoms with Crippen molar-refractivity contribution in [2.24, 2.45) is 5.92 Å². The van der Waals surface area contributed by atoms with Crippen LogP contribution >= 0.6 is 0 Å². The van der Waals surface area contributed by atoms with Gasteiger partial charge in [-0.05, 0) is 53.8 Å². The lowest BCUT2D eigenvalue weighted by Crippen LogP contribution is -2.10. The first-order valence-corrected chi connectivity index (χ1v) is 6.48. The summed E-state index contributed by atoms with van der Waals surface area (Å²) >= 11 is 0. The molecule has 0 amide bonds. The Morgan fingerprint density at radius 1 is 1.37 bits per heavy atom. The third-order valence-electron chi connectivity index (χ3n) is 3.74. The second-order valence-corrected chi connectivity index (χ2v) is 5.26. The molecule has 2 atom stereocenters. The summed E-state index contributed by atoms with van der Waals surface area (Å²) in [6.45, 7) is 2.21. The van der Waals surface area contributed by atoms with Crippen LogP contribution in [0.25, 0.3) is 11.4 Å². The molecule has 1 aliphatic carbocycles. The van der Waals surface area contributed by atoms with E-state index in [1.165, 1.54) is 12.1 Å². The van der Waals surface area contributed by atoms with E-state index in [0.29, 0.717) is 23.0 Å². The van der Waals surface area contributed by atoms with Crippen molar-refractivity contribution < 1.29 is 4.39 Å². The van der Waals surface area contributed by atoms with E-state index < -0.39 is 0 Å². The highest BCUT2D eigenvalue weighted by atomic mass is 19.1. The third-order valence-corrected chi connectivity index (χ3v) is 3.74. The first-order chi connectivity index (χ1) is 9.15. The molecule has 1 fully saturated rings. The maximum Gasteiger partial charge on any atom is 0.185 e. The van der Waals surface area contributed by atoms with Crippen LogP contribution in [0.3, 0.4) is 0 Å². The monoisotopic (exact) mass is 261 g/mol. The van der Waals surface area contributed by atoms with Gasteiger partial charge in [-0.1, -0.05) is 6.92 Å². The SMILES string of the molecule is CC1CCC(n2nnnc2-c2cc(N)ccc2F)C1. The van der Waals surface area contributed by atoms with Crippen LogP contribution in [0.2, 0.25) is 0 Å². The van der Waals surface area contributed by atoms with Crippen molar-refractivity contribution in [3.05, 3.63) is 24.0 Å². The van der Waals surface area contributed by atoms with Crippen molar-refractivity contribution >= 4 is 5.69 Å². The predicted octanol–water partition coefficient (Wildman–Crippen LogP) is 2.42. The first-order valence-electron chi connectivity index (χ1n) is 6.48. The number of anilines is 1. The quantitative estimate of drug-likeness (QED) is 0.843. The van der Waals surface area contributed by atoms with Crippen molar-refractivity contribution in [1.29, 1.82) is 0 Å². The Kier molecular flexibility index (Phi) is 2.93. The molecule has 1 saturated carbocycles. The number of benzene rings is 1. The summed E-state index contributed by atoms with van der Waals surface area (Å²) in [7, 11) is 0. The largest absolute Gasteiger partial charge is 0.399 e. The van der Waals surface area contributed by atoms with Gasteiger partial charge in [0.05, 0.1) is 11.6 Å². The van der Waals surface area contributed by atoms with Crippen LogP contribution in [0.15, 0.2) is 18.2 Å². The number of hydrogen-bond donors (Lipinski definition) is 1. The Morgan fingerprint density at radius 2 is 2.21 bits per heavy atom. The molecule has 6 heteroatoms. The topological polar surface area (TPSA) is 69.6 Å². The minimum Gasteiger partial charge on any atom is -0.399 e. The Morgan fingerprint density at radius 3 is 2.95 bits per heavy atom. The summed E-state index contributed by atoms with van der Waals surface area (Å²) < 4.78 is 15.6. The standard InChI is InChI=1S/C13H16FN5/c1-8-2-4-10(6-8)19-13(16-17-18-19)11-7-9(15)3-5-12(11)14/h3,5,7-8,10H,2,4,6,15H2,1H3. The van der Waals surface area contributed by atoms with Gasteiger partial charge in [-0.3, -0.25) is 0 Å². The Balaban J connectivity index is 2.02. The van der Waals surface area contributed by atoms with Crippen LogP contribution in [0.5, 0.6) is 0 Å². The van der Waals surface area contributed by atoms with Gasteiger partial charge < -0.3 is 5.73 Å². The molecule has 0 bridgehead atoms. The Labute approximate surface area is 110 Å². The number of hydrogen-bond acceptors (Lipinski definition) is 4. The lowest BCUT2D eigenvalue weighted by molar-refractivity contribution is 0.442. The summed E-state index contributed by atoms with van der Waals surface area (Å²) in [6.07, 6.45) is 3.22. The van der Waals surface area contributed by atoms with E-state index >= 15 is 0 Å². The van der Waals surface area contributed by atoms with Crippen molar-refractivity contribution in [3.8, 4) is 11.4 Å². The van der Waals surface area contributed by atoms with Crippen molar-refractivity contribution in [1.82, 2.24) is 20.2 Å². The van der Waals surface area contributed by atoms with Gasteiger partial charge >= 0.3 is 0 Å². The summed E-state index contributed by atoms with van der Waals surface area (Å²) in [4.78, 5) is 0. The molecule has 0 spiro atoms. The van der Waals surface area contributed by atoms with Crippen LogP contribution in [-0.2, 0) is 0 Å². The molecule has 1 aromatic carbocycles. The molecule has 2 aromatic rings. The Hall–Kier alpha value is -1.98. The molecule has 2 unspecified atom stereocenters. The number of halogens is 1. The van der Waals surface area contributed by atoms with Gasteiger partial charge in [0.25, 0.3) is 0 Å². The van der Waals surface area contributed by atoms with E-state index in [1.807, 2.05) is 0 Å². The van der Waals surface area contributed by atoms with Gasteiger partial charge in [-0.25, -0.2) is 9.07 Å². The first kappa shape index (κ1) is 12.1. The number of tetrazole rings is 1. The van der Waals surface area contributed by atoms with Crippen LogP contribution in [0.4, 0.5) is 10.1 Å². The van der Waals surface area contributed by atoms with Gasteiger partial charge in [-0.2, -0.15) is 0 Å². The molecule has 100 valence electrons. The second kappa shape index (κ2) is 4.60. The predicted molar refractivity (Wildman–Crippen MR) is 69.7 cm³/mol. The molecule has 19 heavy (non-hydrogen) atoms. The maximum absolute atomic E-state index is 13.9. The van der Waals surface area contributed by atoms with Crippen LogP contribution < -0.4 is 5.73 Å². The average molecular weight is 261 g/mol. The van der Waals surface area contributed by atoms with E-state index in [-0.39, 0.29) is 11.9 Å². The summed E-state index contributed by atoms with van der Waals surface area (Å²) in [5, 5.41) is 11.7. The fourth-order valence-corrected chi connectivity index (χ4v) is 2.73. The normalized spacial score (nSPS) is 22.8. The fraction of sp³-hybridized carbons (Fsp3) is 0.462. The zero-order valence-electron chi connectivity index (χ0n) is 10.8. The van der Waals surface area contributed by atoms with E-state index in [4.69, 9.17) is 5.73 Å². The van der Waals surface area contributed by atoms with Gasteiger partial charge in [-0.15, -0.1) is 5.10 Å². The molecule has 1 aromatic heterocycles. The molecule has 0 saturated heterocycles.